The van der Waals surface area contributed by atoms with Crippen LogP contribution in [0.1, 0.15) is 0 Å². The molecular weight excluding hydrogens is 797 g/mol. The monoisotopic (exact) mass is 840 g/mol. The maximum atomic E-state index is 2.40. The Bertz CT molecular complexity index is 3620. The van der Waals surface area contributed by atoms with Gasteiger partial charge < -0.3 is 9.47 Å². The third-order valence-electron chi connectivity index (χ3n) is 13.0. The molecule has 0 spiro atoms. The maximum absolute atomic E-state index is 2.40. The smallest absolute Gasteiger partial charge is 0.0541 e. The lowest BCUT2D eigenvalue weighted by Crippen LogP contribution is -2.10. The van der Waals surface area contributed by atoms with Crippen LogP contribution in [0.5, 0.6) is 0 Å². The second-order valence-electron chi connectivity index (χ2n) is 16.9. The molecule has 0 bridgehead atoms. The Kier molecular flexibility index (Phi) is 9.89. The van der Waals surface area contributed by atoms with Crippen molar-refractivity contribution in [3.63, 3.8) is 0 Å². The zero-order valence-corrected chi connectivity index (χ0v) is 36.3. The highest BCUT2D eigenvalue weighted by Gasteiger charge is 2.19. The number of para-hydroxylation sites is 2. The van der Waals surface area contributed by atoms with E-state index < -0.39 is 0 Å². The van der Waals surface area contributed by atoms with Crippen LogP contribution in [0.3, 0.4) is 0 Å². The molecule has 0 aliphatic carbocycles. The van der Waals surface area contributed by atoms with Gasteiger partial charge in [0.15, 0.2) is 0 Å². The molecule has 0 aliphatic rings. The molecule has 12 aromatic rings. The highest BCUT2D eigenvalue weighted by Crippen LogP contribution is 2.43. The van der Waals surface area contributed by atoms with E-state index in [1.165, 1.54) is 82.6 Å². The van der Waals surface area contributed by atoms with Crippen molar-refractivity contribution in [2.24, 2.45) is 0 Å². The highest BCUT2D eigenvalue weighted by atomic mass is 15.1. The second-order valence-corrected chi connectivity index (χ2v) is 16.9. The number of aromatic nitrogens is 1. The van der Waals surface area contributed by atoms with Crippen LogP contribution in [0.4, 0.5) is 17.1 Å². The van der Waals surface area contributed by atoms with Gasteiger partial charge in [-0.2, -0.15) is 0 Å². The van der Waals surface area contributed by atoms with E-state index in [0.717, 1.165) is 28.3 Å². The molecule has 0 atom stereocenters. The standard InChI is InChI=1S/C64H44N2/c1-3-18-45(19-4-1)54-26-7-9-28-58(54)59-29-10-8-27-55(59)47-36-40-50(41-37-47)65(52-24-17-25-53(44-52)66-62-34-13-11-30-60(62)61-31-12-14-35-63(61)66)51-42-38-48(39-43-51)57-33-16-23-49-22-15-32-56(64(49)57)46-20-5-2-6-21-46/h1-44H. The van der Waals surface area contributed by atoms with E-state index in [-0.39, 0.29) is 0 Å². The summed E-state index contributed by atoms with van der Waals surface area (Å²) < 4.78 is 2.40. The fourth-order valence-corrected chi connectivity index (χ4v) is 10.00. The van der Waals surface area contributed by atoms with Gasteiger partial charge in [-0.3, -0.25) is 0 Å². The quantitative estimate of drug-likeness (QED) is 0.141. The summed E-state index contributed by atoms with van der Waals surface area (Å²) in [5.74, 6) is 0. The SMILES string of the molecule is c1ccc(-c2ccccc2-c2ccccc2-c2ccc(N(c3ccc(-c4cccc5cccc(-c6ccccc6)c45)cc3)c3cccc(-n4c5ccccc5c5ccccc54)c3)cc2)cc1. The summed E-state index contributed by atoms with van der Waals surface area (Å²) in [5, 5.41) is 4.98. The number of rotatable bonds is 9. The molecule has 0 fully saturated rings. The molecule has 0 amide bonds. The Morgan fingerprint density at radius 3 is 1.18 bits per heavy atom. The molecule has 2 nitrogen and oxygen atoms in total. The van der Waals surface area contributed by atoms with Crippen molar-refractivity contribution >= 4 is 49.6 Å². The molecule has 2 heteroatoms. The zero-order chi connectivity index (χ0) is 43.8. The van der Waals surface area contributed by atoms with Crippen LogP contribution < -0.4 is 4.90 Å². The summed E-state index contributed by atoms with van der Waals surface area (Å²) in [6.45, 7) is 0. The van der Waals surface area contributed by atoms with E-state index in [0.29, 0.717) is 0 Å². The topological polar surface area (TPSA) is 8.17 Å². The molecule has 310 valence electrons. The van der Waals surface area contributed by atoms with Gasteiger partial charge in [0.05, 0.1) is 11.0 Å². The Morgan fingerprint density at radius 1 is 0.258 bits per heavy atom. The molecule has 0 saturated carbocycles. The molecule has 0 aliphatic heterocycles. The van der Waals surface area contributed by atoms with Gasteiger partial charge in [0.2, 0.25) is 0 Å². The van der Waals surface area contributed by atoms with Crippen molar-refractivity contribution < 1.29 is 0 Å². The lowest BCUT2D eigenvalue weighted by molar-refractivity contribution is 1.17. The van der Waals surface area contributed by atoms with Crippen LogP contribution in [0.2, 0.25) is 0 Å². The lowest BCUT2D eigenvalue weighted by atomic mass is 9.89. The maximum Gasteiger partial charge on any atom is 0.0541 e. The largest absolute Gasteiger partial charge is 0.310 e. The van der Waals surface area contributed by atoms with E-state index in [9.17, 15) is 0 Å². The van der Waals surface area contributed by atoms with E-state index in [1.54, 1.807) is 0 Å². The van der Waals surface area contributed by atoms with Gasteiger partial charge in [0.1, 0.15) is 0 Å². The van der Waals surface area contributed by atoms with Crippen molar-refractivity contribution in [1.29, 1.82) is 0 Å². The third-order valence-corrected chi connectivity index (χ3v) is 13.0. The first-order chi connectivity index (χ1) is 32.8. The summed E-state index contributed by atoms with van der Waals surface area (Å²) in [4.78, 5) is 2.39. The van der Waals surface area contributed by atoms with Gasteiger partial charge in [0.25, 0.3) is 0 Å². The predicted octanol–water partition coefficient (Wildman–Crippen LogP) is 17.7. The number of fused-ring (bicyclic) bond motifs is 4. The minimum absolute atomic E-state index is 1.07. The van der Waals surface area contributed by atoms with Gasteiger partial charge in [-0.05, 0) is 121 Å². The summed E-state index contributed by atoms with van der Waals surface area (Å²) in [6.07, 6.45) is 0. The number of nitrogens with zero attached hydrogens (tertiary/aromatic N) is 2. The van der Waals surface area contributed by atoms with Crippen LogP contribution in [0.25, 0.3) is 93.9 Å². The first-order valence-electron chi connectivity index (χ1n) is 22.7. The predicted molar refractivity (Wildman–Crippen MR) is 280 cm³/mol. The molecule has 11 aromatic carbocycles. The van der Waals surface area contributed by atoms with E-state index in [4.69, 9.17) is 0 Å². The molecule has 66 heavy (non-hydrogen) atoms. The Balaban J connectivity index is 0.988. The minimum atomic E-state index is 1.07. The summed E-state index contributed by atoms with van der Waals surface area (Å²) in [5.41, 5.74) is 18.8. The highest BCUT2D eigenvalue weighted by molar-refractivity contribution is 6.09. The van der Waals surface area contributed by atoms with Crippen molar-refractivity contribution in [3.8, 4) is 61.3 Å². The van der Waals surface area contributed by atoms with Crippen molar-refractivity contribution in [2.75, 3.05) is 4.90 Å². The number of anilines is 3. The fourth-order valence-electron chi connectivity index (χ4n) is 10.00. The van der Waals surface area contributed by atoms with Crippen molar-refractivity contribution in [1.82, 2.24) is 4.57 Å². The molecule has 0 radical (unpaired) electrons. The van der Waals surface area contributed by atoms with Gasteiger partial charge in [-0.1, -0.05) is 212 Å². The average molecular weight is 841 g/mol. The lowest BCUT2D eigenvalue weighted by Gasteiger charge is -2.27. The Hall–Kier alpha value is -8.72. The van der Waals surface area contributed by atoms with Crippen molar-refractivity contribution in [2.45, 2.75) is 0 Å². The number of benzene rings is 11. The minimum Gasteiger partial charge on any atom is -0.310 e. The average Bonchev–Trinajstić information content (AvgIpc) is 3.74. The first-order valence-corrected chi connectivity index (χ1v) is 22.7. The third kappa shape index (κ3) is 6.93. The molecule has 1 aromatic heterocycles. The molecule has 0 saturated heterocycles. The Labute approximate surface area is 385 Å². The normalized spacial score (nSPS) is 11.3. The molecule has 0 N–H and O–H groups in total. The summed E-state index contributed by atoms with van der Waals surface area (Å²) in [6, 6.07) is 96.8. The molecule has 12 rings (SSSR count). The van der Waals surface area contributed by atoms with Gasteiger partial charge in [-0.15, -0.1) is 0 Å². The van der Waals surface area contributed by atoms with Gasteiger partial charge in [-0.25, -0.2) is 0 Å². The van der Waals surface area contributed by atoms with Crippen LogP contribution in [0.15, 0.2) is 267 Å². The fraction of sp³-hybridized carbons (Fsp3) is 0. The number of hydrogen-bond acceptors (Lipinski definition) is 1. The van der Waals surface area contributed by atoms with Gasteiger partial charge in [0, 0.05) is 33.5 Å². The zero-order valence-electron chi connectivity index (χ0n) is 36.3. The molecule has 0 unspecified atom stereocenters. The molecular formula is C64H44N2. The van der Waals surface area contributed by atoms with Gasteiger partial charge >= 0.3 is 0 Å². The van der Waals surface area contributed by atoms with Crippen LogP contribution in [-0.4, -0.2) is 4.57 Å². The molecule has 1 heterocycles. The van der Waals surface area contributed by atoms with Crippen LogP contribution in [-0.2, 0) is 0 Å². The number of hydrogen-bond donors (Lipinski definition) is 0. The first kappa shape index (κ1) is 38.9. The van der Waals surface area contributed by atoms with E-state index in [1.807, 2.05) is 0 Å². The summed E-state index contributed by atoms with van der Waals surface area (Å²) >= 11 is 0. The second kappa shape index (κ2) is 16.8. The van der Waals surface area contributed by atoms with E-state index in [2.05, 4.69) is 276 Å². The van der Waals surface area contributed by atoms with Crippen LogP contribution in [0, 0.1) is 0 Å². The van der Waals surface area contributed by atoms with E-state index >= 15 is 0 Å². The van der Waals surface area contributed by atoms with Crippen molar-refractivity contribution in [3.05, 3.63) is 267 Å². The Morgan fingerprint density at radius 2 is 0.652 bits per heavy atom. The summed E-state index contributed by atoms with van der Waals surface area (Å²) in [7, 11) is 0. The van der Waals surface area contributed by atoms with Crippen LogP contribution >= 0.6 is 0 Å².